The maximum absolute atomic E-state index is 11.4. The lowest BCUT2D eigenvalue weighted by Gasteiger charge is -2.41. The normalized spacial score (nSPS) is 18.9. The Labute approximate surface area is 167 Å². The minimum atomic E-state index is -0.325. The Bertz CT molecular complexity index is 786. The fourth-order valence-corrected chi connectivity index (χ4v) is 4.23. The molecular formula is C22H34N4O2. The molecule has 0 bridgehead atoms. The van der Waals surface area contributed by atoms with Crippen molar-refractivity contribution in [2.75, 3.05) is 32.8 Å². The summed E-state index contributed by atoms with van der Waals surface area (Å²) in [6.45, 7) is 9.95. The summed E-state index contributed by atoms with van der Waals surface area (Å²) >= 11 is 0. The van der Waals surface area contributed by atoms with Gasteiger partial charge in [-0.25, -0.2) is 0 Å². The minimum Gasteiger partial charge on any atom is -0.396 e. The van der Waals surface area contributed by atoms with Crippen LogP contribution in [0.2, 0.25) is 0 Å². The van der Waals surface area contributed by atoms with Crippen molar-refractivity contribution < 1.29 is 9.90 Å². The van der Waals surface area contributed by atoms with Gasteiger partial charge in [0.25, 0.3) is 0 Å². The average molecular weight is 387 g/mol. The van der Waals surface area contributed by atoms with E-state index < -0.39 is 0 Å². The molecular weight excluding hydrogens is 352 g/mol. The fourth-order valence-electron chi connectivity index (χ4n) is 4.23. The lowest BCUT2D eigenvalue weighted by Crippen LogP contribution is -2.53. The van der Waals surface area contributed by atoms with Gasteiger partial charge in [-0.05, 0) is 36.9 Å². The van der Waals surface area contributed by atoms with Gasteiger partial charge in [-0.2, -0.15) is 0 Å². The van der Waals surface area contributed by atoms with E-state index in [2.05, 4.69) is 35.9 Å². The number of amides is 1. The summed E-state index contributed by atoms with van der Waals surface area (Å²) in [5.41, 5.74) is 7.71. The summed E-state index contributed by atoms with van der Waals surface area (Å²) in [5, 5.41) is 10.7. The fraction of sp³-hybridized carbons (Fsp3) is 0.591. The molecule has 6 heteroatoms. The molecule has 1 aromatic heterocycles. The number of aromatic nitrogens is 1. The van der Waals surface area contributed by atoms with Gasteiger partial charge in [-0.3, -0.25) is 14.6 Å². The Balaban J connectivity index is 1.72. The Morgan fingerprint density at radius 1 is 1.29 bits per heavy atom. The molecule has 0 aliphatic carbocycles. The number of primary amides is 1. The van der Waals surface area contributed by atoms with E-state index in [-0.39, 0.29) is 19.1 Å². The van der Waals surface area contributed by atoms with Crippen molar-refractivity contribution >= 4 is 16.8 Å². The van der Waals surface area contributed by atoms with Gasteiger partial charge in [-0.1, -0.05) is 32.0 Å². The molecule has 1 fully saturated rings. The van der Waals surface area contributed by atoms with Gasteiger partial charge in [0, 0.05) is 55.9 Å². The Morgan fingerprint density at radius 2 is 2.07 bits per heavy atom. The number of carbonyl (C=O) groups excluding carboxylic acids is 1. The molecule has 3 rings (SSSR count). The van der Waals surface area contributed by atoms with Crippen molar-refractivity contribution in [2.45, 2.75) is 45.8 Å². The molecule has 3 N–H and O–H groups in total. The van der Waals surface area contributed by atoms with E-state index in [9.17, 15) is 9.90 Å². The summed E-state index contributed by atoms with van der Waals surface area (Å²) in [7, 11) is 0. The standard InChI is InChI=1S/C22H34N4O2/c1-17(2)7-9-25-11-10-24(15-19(25)8-12-27)13-18-14-26(16-22(23)28)21-6-4-3-5-20(18)21/h3-6,14,17,19,27H,7-13,15-16H2,1-2H3,(H2,23,28). The van der Waals surface area contributed by atoms with Crippen LogP contribution >= 0.6 is 0 Å². The number of carbonyl (C=O) groups is 1. The van der Waals surface area contributed by atoms with Crippen LogP contribution in [0.15, 0.2) is 30.5 Å². The van der Waals surface area contributed by atoms with Crippen LogP contribution in [0, 0.1) is 5.92 Å². The molecule has 1 aliphatic heterocycles. The molecule has 28 heavy (non-hydrogen) atoms. The molecule has 0 radical (unpaired) electrons. The lowest BCUT2D eigenvalue weighted by atomic mass is 10.0. The highest BCUT2D eigenvalue weighted by Crippen LogP contribution is 2.24. The number of aliphatic hydroxyl groups is 1. The quantitative estimate of drug-likeness (QED) is 0.692. The van der Waals surface area contributed by atoms with Crippen LogP contribution < -0.4 is 5.73 Å². The van der Waals surface area contributed by atoms with Gasteiger partial charge < -0.3 is 15.4 Å². The van der Waals surface area contributed by atoms with Crippen molar-refractivity contribution in [3.05, 3.63) is 36.0 Å². The highest BCUT2D eigenvalue weighted by atomic mass is 16.3. The third-order valence-electron chi connectivity index (χ3n) is 5.74. The van der Waals surface area contributed by atoms with Crippen LogP contribution in [0.1, 0.15) is 32.3 Å². The third kappa shape index (κ3) is 5.13. The van der Waals surface area contributed by atoms with Gasteiger partial charge >= 0.3 is 0 Å². The predicted octanol–water partition coefficient (Wildman–Crippen LogP) is 2.04. The minimum absolute atomic E-state index is 0.205. The Hall–Kier alpha value is -1.89. The molecule has 2 aromatic rings. The SMILES string of the molecule is CC(C)CCN1CCN(Cc2cn(CC(N)=O)c3ccccc23)CC1CCO. The number of para-hydroxylation sites is 1. The average Bonchev–Trinajstić information content (AvgIpc) is 2.98. The van der Waals surface area contributed by atoms with E-state index in [1.165, 1.54) is 17.4 Å². The van der Waals surface area contributed by atoms with Crippen LogP contribution in [0.4, 0.5) is 0 Å². The van der Waals surface area contributed by atoms with Gasteiger partial charge in [0.15, 0.2) is 0 Å². The summed E-state index contributed by atoms with van der Waals surface area (Å²) in [6.07, 6.45) is 4.09. The first-order valence-corrected chi connectivity index (χ1v) is 10.4. The number of piperazine rings is 1. The lowest BCUT2D eigenvalue weighted by molar-refractivity contribution is -0.118. The Kier molecular flexibility index (Phi) is 7.10. The first-order chi connectivity index (χ1) is 13.5. The van der Waals surface area contributed by atoms with Crippen LogP contribution in [-0.4, -0.2) is 64.2 Å². The van der Waals surface area contributed by atoms with Crippen LogP contribution in [0.5, 0.6) is 0 Å². The summed E-state index contributed by atoms with van der Waals surface area (Å²) in [5.74, 6) is 0.373. The Morgan fingerprint density at radius 3 is 2.79 bits per heavy atom. The number of fused-ring (bicyclic) bond motifs is 1. The van der Waals surface area contributed by atoms with Gasteiger partial charge in [0.1, 0.15) is 6.54 Å². The topological polar surface area (TPSA) is 74.7 Å². The highest BCUT2D eigenvalue weighted by Gasteiger charge is 2.27. The molecule has 1 amide bonds. The number of aliphatic hydroxyl groups excluding tert-OH is 1. The predicted molar refractivity (Wildman–Crippen MR) is 113 cm³/mol. The van der Waals surface area contributed by atoms with Crippen molar-refractivity contribution in [1.82, 2.24) is 14.4 Å². The van der Waals surface area contributed by atoms with E-state index >= 15 is 0 Å². The zero-order valence-electron chi connectivity index (χ0n) is 17.2. The molecule has 1 aliphatic rings. The number of hydrogen-bond donors (Lipinski definition) is 2. The summed E-state index contributed by atoms with van der Waals surface area (Å²) in [4.78, 5) is 16.5. The van der Waals surface area contributed by atoms with Gasteiger partial charge in [0.2, 0.25) is 5.91 Å². The smallest absolute Gasteiger partial charge is 0.237 e. The van der Waals surface area contributed by atoms with E-state index in [1.54, 1.807) is 0 Å². The monoisotopic (exact) mass is 386 g/mol. The zero-order valence-corrected chi connectivity index (χ0v) is 17.2. The second kappa shape index (κ2) is 9.54. The van der Waals surface area contributed by atoms with Gasteiger partial charge in [-0.15, -0.1) is 0 Å². The number of rotatable bonds is 9. The van der Waals surface area contributed by atoms with Crippen LogP contribution in [-0.2, 0) is 17.9 Å². The second-order valence-corrected chi connectivity index (χ2v) is 8.39. The molecule has 0 spiro atoms. The largest absolute Gasteiger partial charge is 0.396 e. The maximum Gasteiger partial charge on any atom is 0.237 e. The van der Waals surface area contributed by atoms with E-state index in [0.717, 1.165) is 44.7 Å². The van der Waals surface area contributed by atoms with Crippen LogP contribution in [0.25, 0.3) is 10.9 Å². The van der Waals surface area contributed by atoms with Crippen molar-refractivity contribution in [3.63, 3.8) is 0 Å². The summed E-state index contributed by atoms with van der Waals surface area (Å²) in [6, 6.07) is 8.59. The van der Waals surface area contributed by atoms with E-state index in [0.29, 0.717) is 12.0 Å². The van der Waals surface area contributed by atoms with E-state index in [1.807, 2.05) is 22.8 Å². The molecule has 0 saturated carbocycles. The number of nitrogens with zero attached hydrogens (tertiary/aromatic N) is 3. The van der Waals surface area contributed by atoms with Crippen LogP contribution in [0.3, 0.4) is 0 Å². The summed E-state index contributed by atoms with van der Waals surface area (Å²) < 4.78 is 1.96. The second-order valence-electron chi connectivity index (χ2n) is 8.39. The highest BCUT2D eigenvalue weighted by molar-refractivity contribution is 5.85. The van der Waals surface area contributed by atoms with Crippen molar-refractivity contribution in [3.8, 4) is 0 Å². The molecule has 2 heterocycles. The van der Waals surface area contributed by atoms with Crippen molar-refractivity contribution in [1.29, 1.82) is 0 Å². The third-order valence-corrected chi connectivity index (χ3v) is 5.74. The maximum atomic E-state index is 11.4. The molecule has 1 saturated heterocycles. The van der Waals surface area contributed by atoms with E-state index in [4.69, 9.17) is 5.73 Å². The molecule has 1 aromatic carbocycles. The molecule has 1 unspecified atom stereocenters. The number of hydrogen-bond acceptors (Lipinski definition) is 4. The van der Waals surface area contributed by atoms with Gasteiger partial charge in [0.05, 0.1) is 0 Å². The zero-order chi connectivity index (χ0) is 20.1. The van der Waals surface area contributed by atoms with Crippen molar-refractivity contribution in [2.24, 2.45) is 11.7 Å². The molecule has 154 valence electrons. The molecule has 6 nitrogen and oxygen atoms in total. The first-order valence-electron chi connectivity index (χ1n) is 10.4. The number of nitrogens with two attached hydrogens (primary N) is 1. The molecule has 1 atom stereocenters. The number of benzene rings is 1. The first kappa shape index (κ1) is 20.8.